The Balaban J connectivity index is 1.43. The lowest BCUT2D eigenvalue weighted by atomic mass is 10.0. The minimum Gasteiger partial charge on any atom is -0.492 e. The molecule has 29 heavy (non-hydrogen) atoms. The van der Waals surface area contributed by atoms with Crippen LogP contribution in [-0.2, 0) is 0 Å². The fourth-order valence-corrected chi connectivity index (χ4v) is 5.06. The molecule has 9 heteroatoms. The van der Waals surface area contributed by atoms with Crippen LogP contribution in [0.4, 0.5) is 0 Å². The Bertz CT molecular complexity index is 1110. The summed E-state index contributed by atoms with van der Waals surface area (Å²) in [6.07, 6.45) is 2.96. The molecule has 8 nitrogen and oxygen atoms in total. The third kappa shape index (κ3) is 3.18. The van der Waals surface area contributed by atoms with Crippen LogP contribution in [0.25, 0.3) is 4.96 Å². The summed E-state index contributed by atoms with van der Waals surface area (Å²) in [5, 5.41) is 14.9. The average molecular weight is 410 g/mol. The molecule has 3 aromatic heterocycles. The molecule has 0 saturated carbocycles. The van der Waals surface area contributed by atoms with Crippen molar-refractivity contribution in [3.8, 4) is 5.88 Å². The quantitative estimate of drug-likeness (QED) is 0.528. The highest BCUT2D eigenvalue weighted by Gasteiger charge is 2.36. The van der Waals surface area contributed by atoms with Gasteiger partial charge in [-0.25, -0.2) is 4.98 Å². The van der Waals surface area contributed by atoms with Gasteiger partial charge >= 0.3 is 0 Å². The number of benzene rings is 1. The molecular weight excluding hydrogens is 390 g/mol. The van der Waals surface area contributed by atoms with Gasteiger partial charge in [-0.2, -0.15) is 9.61 Å². The van der Waals surface area contributed by atoms with E-state index in [9.17, 15) is 9.90 Å². The number of carbonyl (C=O) groups is 1. The second kappa shape index (κ2) is 7.34. The van der Waals surface area contributed by atoms with E-state index < -0.39 is 0 Å². The number of rotatable bonds is 4. The van der Waals surface area contributed by atoms with E-state index in [0.29, 0.717) is 23.8 Å². The first kappa shape index (κ1) is 17.9. The molecule has 2 N–H and O–H groups in total. The van der Waals surface area contributed by atoms with Gasteiger partial charge in [0, 0.05) is 5.56 Å². The van der Waals surface area contributed by atoms with Crippen molar-refractivity contribution in [3.05, 3.63) is 71.3 Å². The summed E-state index contributed by atoms with van der Waals surface area (Å²) in [6, 6.07) is 13.5. The number of aromatic nitrogens is 3. The normalized spacial score (nSPS) is 16.3. The van der Waals surface area contributed by atoms with Crippen molar-refractivity contribution in [2.75, 3.05) is 26.2 Å². The second-order valence-corrected chi connectivity index (χ2v) is 8.02. The Kier molecular flexibility index (Phi) is 4.53. The average Bonchev–Trinajstić information content (AvgIpc) is 3.50. The van der Waals surface area contributed by atoms with E-state index in [1.54, 1.807) is 12.1 Å². The highest BCUT2D eigenvalue weighted by atomic mass is 32.1. The highest BCUT2D eigenvalue weighted by molar-refractivity contribution is 7.17. The summed E-state index contributed by atoms with van der Waals surface area (Å²) in [5.41, 5.74) is 1.12. The molecular formula is C20H20N5O3S+. The standard InChI is InChI=1S/C20H19N5O3S/c26-18(15-7-4-12-28-15)24-10-8-23(9-11-24)16(14-5-2-1-3-6-14)17-19(27)25-20(29-17)21-13-22-25/h1-7,12-13,16,27H,8-11H2/p+1/t16-/m1/s1. The van der Waals surface area contributed by atoms with E-state index in [1.165, 1.54) is 33.3 Å². The molecule has 148 valence electrons. The van der Waals surface area contributed by atoms with Gasteiger partial charge in [0.2, 0.25) is 10.8 Å². The number of thiazole rings is 1. The molecule has 4 aromatic rings. The van der Waals surface area contributed by atoms with Crippen molar-refractivity contribution < 1.29 is 19.2 Å². The van der Waals surface area contributed by atoms with Crippen molar-refractivity contribution in [3.63, 3.8) is 0 Å². The van der Waals surface area contributed by atoms with Crippen LogP contribution in [0, 0.1) is 0 Å². The first-order valence-corrected chi connectivity index (χ1v) is 10.3. The van der Waals surface area contributed by atoms with Crippen LogP contribution >= 0.6 is 11.3 Å². The van der Waals surface area contributed by atoms with Crippen molar-refractivity contribution in [2.45, 2.75) is 6.04 Å². The van der Waals surface area contributed by atoms with Gasteiger partial charge in [0.15, 0.2) is 11.8 Å². The van der Waals surface area contributed by atoms with Gasteiger partial charge in [-0.3, -0.25) is 4.79 Å². The Morgan fingerprint density at radius 3 is 2.66 bits per heavy atom. The molecule has 1 fully saturated rings. The summed E-state index contributed by atoms with van der Waals surface area (Å²) in [5.74, 6) is 0.432. The Labute approximate surface area is 170 Å². The molecule has 1 aromatic carbocycles. The van der Waals surface area contributed by atoms with Crippen molar-refractivity contribution in [1.82, 2.24) is 19.5 Å². The summed E-state index contributed by atoms with van der Waals surface area (Å²) in [4.78, 5) is 21.4. The number of quaternary nitrogens is 1. The van der Waals surface area contributed by atoms with Gasteiger partial charge in [-0.1, -0.05) is 41.7 Å². The van der Waals surface area contributed by atoms with Crippen molar-refractivity contribution in [1.29, 1.82) is 0 Å². The number of nitrogens with zero attached hydrogens (tertiary/aromatic N) is 4. The first-order valence-electron chi connectivity index (χ1n) is 9.46. The fraction of sp³-hybridized carbons (Fsp3) is 0.250. The molecule has 1 aliphatic heterocycles. The zero-order valence-electron chi connectivity index (χ0n) is 15.6. The van der Waals surface area contributed by atoms with Crippen LogP contribution in [-0.4, -0.2) is 56.7 Å². The molecule has 0 radical (unpaired) electrons. The minimum atomic E-state index is -0.0769. The number of fused-ring (bicyclic) bond motifs is 1. The van der Waals surface area contributed by atoms with Gasteiger partial charge in [0.1, 0.15) is 11.2 Å². The summed E-state index contributed by atoms with van der Waals surface area (Å²) in [7, 11) is 0. The molecule has 0 spiro atoms. The number of hydrogen-bond donors (Lipinski definition) is 2. The number of nitrogens with one attached hydrogen (secondary N) is 1. The predicted octanol–water partition coefficient (Wildman–Crippen LogP) is 1.22. The number of furan rings is 1. The van der Waals surface area contributed by atoms with Crippen LogP contribution in [0.3, 0.4) is 0 Å². The Morgan fingerprint density at radius 2 is 1.97 bits per heavy atom. The van der Waals surface area contributed by atoms with Gasteiger partial charge in [-0.05, 0) is 12.1 Å². The summed E-state index contributed by atoms with van der Waals surface area (Å²) in [6.45, 7) is 2.78. The summed E-state index contributed by atoms with van der Waals surface area (Å²) < 4.78 is 6.73. The molecule has 0 bridgehead atoms. The zero-order valence-corrected chi connectivity index (χ0v) is 16.4. The van der Waals surface area contributed by atoms with E-state index in [4.69, 9.17) is 4.42 Å². The predicted molar refractivity (Wildman–Crippen MR) is 106 cm³/mol. The molecule has 1 amide bonds. The topological polar surface area (TPSA) is 88.3 Å². The lowest BCUT2D eigenvalue weighted by molar-refractivity contribution is -0.929. The van der Waals surface area contributed by atoms with Gasteiger partial charge in [0.25, 0.3) is 5.91 Å². The van der Waals surface area contributed by atoms with E-state index in [0.717, 1.165) is 23.5 Å². The fourth-order valence-electron chi connectivity index (χ4n) is 3.94. The lowest BCUT2D eigenvalue weighted by Crippen LogP contribution is -3.15. The minimum absolute atomic E-state index is 0.0504. The summed E-state index contributed by atoms with van der Waals surface area (Å²) >= 11 is 1.46. The molecule has 1 aliphatic rings. The highest BCUT2D eigenvalue weighted by Crippen LogP contribution is 2.34. The number of aromatic hydroxyl groups is 1. The Hall–Kier alpha value is -3.17. The molecule has 0 aliphatic carbocycles. The largest absolute Gasteiger partial charge is 0.492 e. The second-order valence-electron chi connectivity index (χ2n) is 7.02. The number of piperazine rings is 1. The van der Waals surface area contributed by atoms with Crippen LogP contribution in [0.15, 0.2) is 59.5 Å². The number of carbonyl (C=O) groups excluding carboxylic acids is 1. The SMILES string of the molecule is O=C(c1ccco1)N1CC[NH+]([C@H](c2ccccc2)c2sc3ncnn3c2O)CC1. The van der Waals surface area contributed by atoms with Gasteiger partial charge in [0.05, 0.1) is 32.4 Å². The van der Waals surface area contributed by atoms with E-state index in [2.05, 4.69) is 22.2 Å². The third-order valence-electron chi connectivity index (χ3n) is 5.37. The van der Waals surface area contributed by atoms with E-state index >= 15 is 0 Å². The van der Waals surface area contributed by atoms with Gasteiger partial charge in [-0.15, -0.1) is 0 Å². The van der Waals surface area contributed by atoms with E-state index in [-0.39, 0.29) is 17.8 Å². The molecule has 5 rings (SSSR count). The first-order chi connectivity index (χ1) is 14.2. The molecule has 0 unspecified atom stereocenters. The van der Waals surface area contributed by atoms with Crippen LogP contribution < -0.4 is 4.90 Å². The maximum atomic E-state index is 12.6. The molecule has 1 saturated heterocycles. The maximum absolute atomic E-state index is 12.6. The smallest absolute Gasteiger partial charge is 0.289 e. The lowest BCUT2D eigenvalue weighted by Gasteiger charge is -2.36. The zero-order chi connectivity index (χ0) is 19.8. The Morgan fingerprint density at radius 1 is 1.17 bits per heavy atom. The van der Waals surface area contributed by atoms with Crippen molar-refractivity contribution in [2.24, 2.45) is 0 Å². The molecule has 4 heterocycles. The van der Waals surface area contributed by atoms with Crippen LogP contribution in [0.2, 0.25) is 0 Å². The monoisotopic (exact) mass is 410 g/mol. The third-order valence-corrected chi connectivity index (χ3v) is 6.47. The number of amides is 1. The number of hydrogen-bond acceptors (Lipinski definition) is 6. The van der Waals surface area contributed by atoms with Crippen molar-refractivity contribution >= 4 is 22.2 Å². The van der Waals surface area contributed by atoms with Crippen LogP contribution in [0.1, 0.15) is 27.0 Å². The van der Waals surface area contributed by atoms with E-state index in [1.807, 2.05) is 23.1 Å². The molecule has 1 atom stereocenters. The van der Waals surface area contributed by atoms with Crippen LogP contribution in [0.5, 0.6) is 5.88 Å². The van der Waals surface area contributed by atoms with Gasteiger partial charge < -0.3 is 19.3 Å². The maximum Gasteiger partial charge on any atom is 0.289 e.